The summed E-state index contributed by atoms with van der Waals surface area (Å²) in [6.45, 7) is 1.90. The van der Waals surface area contributed by atoms with Crippen LogP contribution in [0, 0.1) is 0 Å². The van der Waals surface area contributed by atoms with Crippen LogP contribution in [0.4, 0.5) is 13.2 Å². The first kappa shape index (κ1) is 14.1. The topological polar surface area (TPSA) is 43.8 Å². The molecule has 0 saturated heterocycles. The van der Waals surface area contributed by atoms with Crippen molar-refractivity contribution in [1.29, 1.82) is 0 Å². The van der Waals surface area contributed by atoms with E-state index in [1.165, 1.54) is 22.2 Å². The molecule has 19 heavy (non-hydrogen) atoms. The van der Waals surface area contributed by atoms with Gasteiger partial charge in [-0.25, -0.2) is 0 Å². The molecule has 0 aromatic carbocycles. The fraction of sp³-hybridized carbons (Fsp3) is 0.417. The minimum absolute atomic E-state index is 0.282. The van der Waals surface area contributed by atoms with Crippen molar-refractivity contribution < 1.29 is 13.2 Å². The van der Waals surface area contributed by atoms with Gasteiger partial charge in [-0.05, 0) is 34.9 Å². The third kappa shape index (κ3) is 2.98. The van der Waals surface area contributed by atoms with Gasteiger partial charge in [-0.15, -0.1) is 0 Å². The first-order valence-corrected chi connectivity index (χ1v) is 6.77. The standard InChI is InChI=1S/C12H14F3N3S/c1-2-9(16)11(8-4-6-19-7-8)18-5-3-10(17-18)12(13,14)15/h3-7,9,11H,2,16H2,1H3. The number of hydrogen-bond acceptors (Lipinski definition) is 3. The Kier molecular flexibility index (Phi) is 3.96. The first-order valence-electron chi connectivity index (χ1n) is 5.83. The lowest BCUT2D eigenvalue weighted by Gasteiger charge is -2.22. The number of aromatic nitrogens is 2. The summed E-state index contributed by atoms with van der Waals surface area (Å²) in [6.07, 6.45) is -2.44. The fourth-order valence-corrected chi connectivity index (χ4v) is 2.60. The zero-order chi connectivity index (χ0) is 14.0. The van der Waals surface area contributed by atoms with Crippen molar-refractivity contribution in [2.45, 2.75) is 31.6 Å². The van der Waals surface area contributed by atoms with Crippen molar-refractivity contribution in [3.05, 3.63) is 40.3 Å². The molecule has 2 aromatic rings. The summed E-state index contributed by atoms with van der Waals surface area (Å²) in [7, 11) is 0. The quantitative estimate of drug-likeness (QED) is 0.938. The van der Waals surface area contributed by atoms with Crippen LogP contribution in [0.2, 0.25) is 0 Å². The lowest BCUT2D eigenvalue weighted by molar-refractivity contribution is -0.141. The van der Waals surface area contributed by atoms with Gasteiger partial charge in [0, 0.05) is 12.2 Å². The SMILES string of the molecule is CCC(N)C(c1ccsc1)n1ccc(C(F)(F)F)n1. The molecule has 3 nitrogen and oxygen atoms in total. The van der Waals surface area contributed by atoms with E-state index >= 15 is 0 Å². The first-order chi connectivity index (χ1) is 8.93. The summed E-state index contributed by atoms with van der Waals surface area (Å²) < 4.78 is 39.1. The zero-order valence-corrected chi connectivity index (χ0v) is 11.1. The molecule has 0 radical (unpaired) electrons. The summed E-state index contributed by atoms with van der Waals surface area (Å²) in [6, 6.07) is 2.18. The number of hydrogen-bond donors (Lipinski definition) is 1. The summed E-state index contributed by atoms with van der Waals surface area (Å²) in [4.78, 5) is 0. The molecule has 0 aliphatic rings. The van der Waals surface area contributed by atoms with Crippen LogP contribution in [0.25, 0.3) is 0 Å². The second-order valence-corrected chi connectivity index (χ2v) is 5.03. The maximum Gasteiger partial charge on any atom is 0.435 e. The van der Waals surface area contributed by atoms with Crippen LogP contribution in [0.15, 0.2) is 29.1 Å². The number of nitrogens with two attached hydrogens (primary N) is 1. The molecule has 0 spiro atoms. The third-order valence-electron chi connectivity index (χ3n) is 2.95. The molecular formula is C12H14F3N3S. The molecular weight excluding hydrogens is 275 g/mol. The van der Waals surface area contributed by atoms with E-state index in [2.05, 4.69) is 5.10 Å². The molecule has 0 aliphatic carbocycles. The molecule has 0 amide bonds. The highest BCUT2D eigenvalue weighted by atomic mass is 32.1. The normalized spacial score (nSPS) is 15.4. The van der Waals surface area contributed by atoms with E-state index in [1.807, 2.05) is 23.8 Å². The van der Waals surface area contributed by atoms with Gasteiger partial charge in [0.1, 0.15) is 0 Å². The lowest BCUT2D eigenvalue weighted by Crippen LogP contribution is -2.32. The molecule has 0 aliphatic heterocycles. The van der Waals surface area contributed by atoms with Crippen molar-refractivity contribution in [3.8, 4) is 0 Å². The average molecular weight is 289 g/mol. The number of thiophene rings is 1. The van der Waals surface area contributed by atoms with Crippen LogP contribution in [0.1, 0.15) is 30.6 Å². The summed E-state index contributed by atoms with van der Waals surface area (Å²) in [5.74, 6) is 0. The number of alkyl halides is 3. The summed E-state index contributed by atoms with van der Waals surface area (Å²) in [5, 5.41) is 7.38. The van der Waals surface area contributed by atoms with Gasteiger partial charge in [-0.3, -0.25) is 4.68 Å². The highest BCUT2D eigenvalue weighted by Crippen LogP contribution is 2.30. The highest BCUT2D eigenvalue weighted by molar-refractivity contribution is 7.07. The monoisotopic (exact) mass is 289 g/mol. The average Bonchev–Trinajstić information content (AvgIpc) is 2.99. The molecule has 0 fully saturated rings. The summed E-state index contributed by atoms with van der Waals surface area (Å²) >= 11 is 1.48. The molecule has 2 rings (SSSR count). The van der Waals surface area contributed by atoms with E-state index in [-0.39, 0.29) is 12.1 Å². The Hall–Kier alpha value is -1.34. The largest absolute Gasteiger partial charge is 0.435 e. The Morgan fingerprint density at radius 3 is 2.63 bits per heavy atom. The molecule has 7 heteroatoms. The van der Waals surface area contributed by atoms with Crippen molar-refractivity contribution in [2.24, 2.45) is 5.73 Å². The lowest BCUT2D eigenvalue weighted by atomic mass is 10.0. The molecule has 104 valence electrons. The second-order valence-electron chi connectivity index (χ2n) is 4.25. The maximum absolute atomic E-state index is 12.6. The Morgan fingerprint density at radius 1 is 1.42 bits per heavy atom. The van der Waals surface area contributed by atoms with Crippen LogP contribution in [0.3, 0.4) is 0 Å². The van der Waals surface area contributed by atoms with E-state index in [0.717, 1.165) is 11.6 Å². The van der Waals surface area contributed by atoms with E-state index < -0.39 is 11.9 Å². The van der Waals surface area contributed by atoms with Crippen molar-refractivity contribution in [3.63, 3.8) is 0 Å². The highest BCUT2D eigenvalue weighted by Gasteiger charge is 2.34. The maximum atomic E-state index is 12.6. The molecule has 0 saturated carbocycles. The molecule has 2 aromatic heterocycles. The van der Waals surface area contributed by atoms with Gasteiger partial charge < -0.3 is 5.73 Å². The number of nitrogens with zero attached hydrogens (tertiary/aromatic N) is 2. The van der Waals surface area contributed by atoms with Crippen molar-refractivity contribution in [2.75, 3.05) is 0 Å². The van der Waals surface area contributed by atoms with Gasteiger partial charge in [-0.1, -0.05) is 6.92 Å². The third-order valence-corrected chi connectivity index (χ3v) is 3.65. The van der Waals surface area contributed by atoms with E-state index in [1.54, 1.807) is 0 Å². The second kappa shape index (κ2) is 5.34. The molecule has 2 heterocycles. The smallest absolute Gasteiger partial charge is 0.326 e. The molecule has 0 bridgehead atoms. The Balaban J connectivity index is 2.37. The van der Waals surface area contributed by atoms with Crippen molar-refractivity contribution in [1.82, 2.24) is 9.78 Å². The summed E-state index contributed by atoms with van der Waals surface area (Å²) in [5.41, 5.74) is 6.01. The fourth-order valence-electron chi connectivity index (χ4n) is 1.91. The van der Waals surface area contributed by atoms with Gasteiger partial charge in [0.05, 0.1) is 6.04 Å². The van der Waals surface area contributed by atoms with Gasteiger partial charge in [-0.2, -0.15) is 29.6 Å². The van der Waals surface area contributed by atoms with Crippen molar-refractivity contribution >= 4 is 11.3 Å². The Labute approximate surface area is 112 Å². The van der Waals surface area contributed by atoms with Crippen LogP contribution in [0.5, 0.6) is 0 Å². The van der Waals surface area contributed by atoms with Gasteiger partial charge in [0.25, 0.3) is 0 Å². The van der Waals surface area contributed by atoms with E-state index in [0.29, 0.717) is 6.42 Å². The van der Waals surface area contributed by atoms with Gasteiger partial charge >= 0.3 is 6.18 Å². The van der Waals surface area contributed by atoms with Gasteiger partial charge in [0.2, 0.25) is 0 Å². The van der Waals surface area contributed by atoms with E-state index in [9.17, 15) is 13.2 Å². The van der Waals surface area contributed by atoms with Gasteiger partial charge in [0.15, 0.2) is 5.69 Å². The van der Waals surface area contributed by atoms with E-state index in [4.69, 9.17) is 5.73 Å². The molecule has 2 atom stereocenters. The Bertz CT molecular complexity index is 519. The number of halogens is 3. The minimum Gasteiger partial charge on any atom is -0.326 e. The van der Waals surface area contributed by atoms with Crippen LogP contribution in [-0.4, -0.2) is 15.8 Å². The van der Waals surface area contributed by atoms with Crippen LogP contribution < -0.4 is 5.73 Å². The minimum atomic E-state index is -4.43. The molecule has 2 unspecified atom stereocenters. The predicted octanol–water partition coefficient (Wildman–Crippen LogP) is 3.29. The Morgan fingerprint density at radius 2 is 2.16 bits per heavy atom. The number of rotatable bonds is 4. The van der Waals surface area contributed by atoms with Crippen LogP contribution in [-0.2, 0) is 6.18 Å². The van der Waals surface area contributed by atoms with Crippen LogP contribution >= 0.6 is 11.3 Å². The molecule has 2 N–H and O–H groups in total. The zero-order valence-electron chi connectivity index (χ0n) is 10.3. The predicted molar refractivity (Wildman–Crippen MR) is 68.0 cm³/mol.